The van der Waals surface area contributed by atoms with E-state index in [9.17, 15) is 4.79 Å². The highest BCUT2D eigenvalue weighted by molar-refractivity contribution is 6.33. The van der Waals surface area contributed by atoms with Crippen LogP contribution in [0.2, 0.25) is 5.02 Å². The Labute approximate surface area is 107 Å². The van der Waals surface area contributed by atoms with Gasteiger partial charge < -0.3 is 0 Å². The first-order valence-corrected chi connectivity index (χ1v) is 6.75. The zero-order valence-electron chi connectivity index (χ0n) is 10.2. The van der Waals surface area contributed by atoms with E-state index in [-0.39, 0.29) is 11.7 Å². The topological polar surface area (TPSA) is 30.0 Å². The number of hydrogen-bond acceptors (Lipinski definition) is 2. The van der Waals surface area contributed by atoms with Gasteiger partial charge in [-0.1, -0.05) is 24.9 Å². The second-order valence-electron chi connectivity index (χ2n) is 4.82. The van der Waals surface area contributed by atoms with Crippen LogP contribution in [-0.2, 0) is 0 Å². The summed E-state index contributed by atoms with van der Waals surface area (Å²) in [6.07, 6.45) is 7.17. The fourth-order valence-corrected chi connectivity index (χ4v) is 2.81. The number of nitrogens with zero attached hydrogens (tertiary/aromatic N) is 1. The van der Waals surface area contributed by atoms with Gasteiger partial charge in [0.25, 0.3) is 0 Å². The van der Waals surface area contributed by atoms with Crippen molar-refractivity contribution in [2.75, 3.05) is 0 Å². The van der Waals surface area contributed by atoms with Crippen molar-refractivity contribution in [3.05, 3.63) is 29.0 Å². The van der Waals surface area contributed by atoms with Crippen molar-refractivity contribution in [3.8, 4) is 0 Å². The van der Waals surface area contributed by atoms with Gasteiger partial charge >= 0.3 is 0 Å². The van der Waals surface area contributed by atoms with Crippen molar-refractivity contribution in [1.29, 1.82) is 0 Å². The Morgan fingerprint density at radius 2 is 2.12 bits per heavy atom. The van der Waals surface area contributed by atoms with Crippen molar-refractivity contribution < 1.29 is 4.79 Å². The number of carbonyl (C=O) groups is 1. The highest BCUT2D eigenvalue weighted by atomic mass is 35.5. The van der Waals surface area contributed by atoms with E-state index in [1.165, 1.54) is 6.42 Å². The predicted octanol–water partition coefficient (Wildman–Crippen LogP) is 4.13. The molecule has 0 N–H and O–H groups in total. The van der Waals surface area contributed by atoms with Crippen LogP contribution in [0, 0.1) is 11.8 Å². The van der Waals surface area contributed by atoms with E-state index in [0.29, 0.717) is 10.7 Å². The van der Waals surface area contributed by atoms with Crippen molar-refractivity contribution >= 4 is 17.4 Å². The molecule has 2 nitrogen and oxygen atoms in total. The molecule has 0 atom stereocenters. The average molecular weight is 252 g/mol. The highest BCUT2D eigenvalue weighted by Crippen LogP contribution is 2.33. The van der Waals surface area contributed by atoms with E-state index in [0.717, 1.165) is 31.6 Å². The van der Waals surface area contributed by atoms with E-state index >= 15 is 0 Å². The van der Waals surface area contributed by atoms with Gasteiger partial charge in [-0.05, 0) is 43.7 Å². The van der Waals surface area contributed by atoms with Gasteiger partial charge in [-0.15, -0.1) is 0 Å². The zero-order valence-corrected chi connectivity index (χ0v) is 10.9. The number of hydrogen-bond donors (Lipinski definition) is 0. The molecule has 1 fully saturated rings. The molecule has 1 aromatic rings. The van der Waals surface area contributed by atoms with E-state index < -0.39 is 0 Å². The maximum atomic E-state index is 12.3. The number of aromatic nitrogens is 1. The standard InChI is InChI=1S/C14H18ClNO/c1-2-10-5-7-11(8-6-10)14(17)13-12(15)4-3-9-16-13/h3-4,9-11H,2,5-8H2,1H3. The SMILES string of the molecule is CCC1CCC(C(=O)c2ncccc2Cl)CC1. The Hall–Kier alpha value is -0.890. The molecule has 0 aliphatic heterocycles. The fraction of sp³-hybridized carbons (Fsp3) is 0.571. The molecule has 1 aromatic heterocycles. The minimum atomic E-state index is 0.130. The highest BCUT2D eigenvalue weighted by Gasteiger charge is 2.27. The first-order chi connectivity index (χ1) is 8.22. The maximum Gasteiger partial charge on any atom is 0.185 e. The molecular weight excluding hydrogens is 234 g/mol. The molecule has 1 aliphatic carbocycles. The Balaban J connectivity index is 2.04. The summed E-state index contributed by atoms with van der Waals surface area (Å²) in [5, 5.41) is 0.482. The summed E-state index contributed by atoms with van der Waals surface area (Å²) in [4.78, 5) is 16.4. The summed E-state index contributed by atoms with van der Waals surface area (Å²) in [7, 11) is 0. The van der Waals surface area contributed by atoms with Crippen LogP contribution in [0.4, 0.5) is 0 Å². The molecule has 1 saturated carbocycles. The van der Waals surface area contributed by atoms with Crippen LogP contribution in [0.1, 0.15) is 49.5 Å². The molecule has 0 saturated heterocycles. The van der Waals surface area contributed by atoms with Gasteiger partial charge in [0.1, 0.15) is 5.69 Å². The predicted molar refractivity (Wildman–Crippen MR) is 69.3 cm³/mol. The molecule has 3 heteroatoms. The number of halogens is 1. The van der Waals surface area contributed by atoms with E-state index in [2.05, 4.69) is 11.9 Å². The van der Waals surface area contributed by atoms with Crippen LogP contribution >= 0.6 is 11.6 Å². The van der Waals surface area contributed by atoms with Crippen LogP contribution in [0.25, 0.3) is 0 Å². The van der Waals surface area contributed by atoms with Crippen LogP contribution in [-0.4, -0.2) is 10.8 Å². The number of rotatable bonds is 3. The molecule has 0 spiro atoms. The maximum absolute atomic E-state index is 12.3. The minimum absolute atomic E-state index is 0.130. The molecule has 0 amide bonds. The normalized spacial score (nSPS) is 24.6. The Bertz CT molecular complexity index is 397. The first kappa shape index (κ1) is 12.6. The fourth-order valence-electron chi connectivity index (χ4n) is 2.59. The summed E-state index contributed by atoms with van der Waals surface area (Å²) < 4.78 is 0. The average Bonchev–Trinajstić information content (AvgIpc) is 2.39. The quantitative estimate of drug-likeness (QED) is 0.756. The monoisotopic (exact) mass is 251 g/mol. The lowest BCUT2D eigenvalue weighted by molar-refractivity contribution is 0.0866. The Morgan fingerprint density at radius 3 is 2.71 bits per heavy atom. The lowest BCUT2D eigenvalue weighted by Gasteiger charge is -2.26. The van der Waals surface area contributed by atoms with E-state index in [4.69, 9.17) is 11.6 Å². The smallest absolute Gasteiger partial charge is 0.185 e. The van der Waals surface area contributed by atoms with Crippen LogP contribution in [0.15, 0.2) is 18.3 Å². The summed E-state index contributed by atoms with van der Waals surface area (Å²) in [5.41, 5.74) is 0.453. The Kier molecular flexibility index (Phi) is 4.16. The molecule has 0 aromatic carbocycles. The summed E-state index contributed by atoms with van der Waals surface area (Å²) in [6, 6.07) is 3.49. The molecule has 2 rings (SSSR count). The molecule has 92 valence electrons. The lowest BCUT2D eigenvalue weighted by Crippen LogP contribution is -2.22. The second-order valence-corrected chi connectivity index (χ2v) is 5.23. The number of ketones is 1. The molecule has 17 heavy (non-hydrogen) atoms. The summed E-state index contributed by atoms with van der Waals surface area (Å²) in [6.45, 7) is 2.22. The third-order valence-electron chi connectivity index (χ3n) is 3.79. The van der Waals surface area contributed by atoms with Gasteiger partial charge in [0.05, 0.1) is 5.02 Å². The van der Waals surface area contributed by atoms with Gasteiger partial charge in [0.15, 0.2) is 5.78 Å². The lowest BCUT2D eigenvalue weighted by atomic mass is 9.78. The van der Waals surface area contributed by atoms with E-state index in [1.807, 2.05) is 0 Å². The number of pyridine rings is 1. The first-order valence-electron chi connectivity index (χ1n) is 6.37. The third-order valence-corrected chi connectivity index (χ3v) is 4.09. The van der Waals surface area contributed by atoms with Gasteiger partial charge in [0, 0.05) is 12.1 Å². The summed E-state index contributed by atoms with van der Waals surface area (Å²) >= 11 is 6.01. The van der Waals surface area contributed by atoms with Gasteiger partial charge in [-0.25, -0.2) is 0 Å². The van der Waals surface area contributed by atoms with Crippen LogP contribution in [0.5, 0.6) is 0 Å². The molecule has 0 radical (unpaired) electrons. The van der Waals surface area contributed by atoms with Gasteiger partial charge in [-0.2, -0.15) is 0 Å². The van der Waals surface area contributed by atoms with Crippen molar-refractivity contribution in [3.63, 3.8) is 0 Å². The largest absolute Gasteiger partial charge is 0.292 e. The van der Waals surface area contributed by atoms with Crippen LogP contribution in [0.3, 0.4) is 0 Å². The Morgan fingerprint density at radius 1 is 1.41 bits per heavy atom. The van der Waals surface area contributed by atoms with Crippen molar-refractivity contribution in [2.24, 2.45) is 11.8 Å². The number of Topliss-reactive ketones (excluding diaryl/α,β-unsaturated/α-hetero) is 1. The van der Waals surface area contributed by atoms with Crippen molar-refractivity contribution in [1.82, 2.24) is 4.98 Å². The third kappa shape index (κ3) is 2.86. The zero-order chi connectivity index (χ0) is 12.3. The van der Waals surface area contributed by atoms with E-state index in [1.54, 1.807) is 18.3 Å². The molecular formula is C14H18ClNO. The molecule has 1 heterocycles. The molecule has 0 unspecified atom stereocenters. The summed E-state index contributed by atoms with van der Waals surface area (Å²) in [5.74, 6) is 1.06. The number of carbonyl (C=O) groups excluding carboxylic acids is 1. The molecule has 1 aliphatic rings. The minimum Gasteiger partial charge on any atom is -0.292 e. The second kappa shape index (κ2) is 5.63. The van der Waals surface area contributed by atoms with Crippen molar-refractivity contribution in [2.45, 2.75) is 39.0 Å². The van der Waals surface area contributed by atoms with Gasteiger partial charge in [-0.3, -0.25) is 9.78 Å². The van der Waals surface area contributed by atoms with Crippen LogP contribution < -0.4 is 0 Å². The molecule has 0 bridgehead atoms. The van der Waals surface area contributed by atoms with Gasteiger partial charge in [0.2, 0.25) is 0 Å².